The Morgan fingerprint density at radius 1 is 1.00 bits per heavy atom. The lowest BCUT2D eigenvalue weighted by atomic mass is 10.1. The topological polar surface area (TPSA) is 116 Å². The summed E-state index contributed by atoms with van der Waals surface area (Å²) in [6, 6.07) is 18.1. The van der Waals surface area contributed by atoms with Gasteiger partial charge in [0.2, 0.25) is 0 Å². The van der Waals surface area contributed by atoms with Crippen LogP contribution in [0.15, 0.2) is 70.2 Å². The molecule has 0 aliphatic rings. The fourth-order valence-corrected chi connectivity index (χ4v) is 4.22. The Hall–Kier alpha value is -2.85. The first kappa shape index (κ1) is 22.3. The second kappa shape index (κ2) is 10.2. The number of rotatable bonds is 8. The summed E-state index contributed by atoms with van der Waals surface area (Å²) in [5, 5.41) is 10.1. The number of nitrogen functional groups attached to an aromatic ring is 1. The molecular weight excluding hydrogens is 440 g/mol. The minimum absolute atomic E-state index is 0.296. The first-order valence-corrected chi connectivity index (χ1v) is 11.8. The van der Waals surface area contributed by atoms with Crippen molar-refractivity contribution in [2.24, 2.45) is 5.14 Å². The van der Waals surface area contributed by atoms with E-state index in [0.29, 0.717) is 34.8 Å². The lowest BCUT2D eigenvalue weighted by Crippen LogP contribution is -2.05. The Morgan fingerprint density at radius 3 is 2.38 bits per heavy atom. The van der Waals surface area contributed by atoms with E-state index in [1.165, 1.54) is 4.90 Å². The van der Waals surface area contributed by atoms with Crippen LogP contribution in [0.4, 0.5) is 5.82 Å². The van der Waals surface area contributed by atoms with Crippen molar-refractivity contribution in [3.8, 4) is 34.0 Å². The fourth-order valence-electron chi connectivity index (χ4n) is 3.14. The van der Waals surface area contributed by atoms with E-state index in [1.54, 1.807) is 6.20 Å². The normalized spacial score (nSPS) is 11.2. The third kappa shape index (κ3) is 5.31. The minimum atomic E-state index is 0.296. The van der Waals surface area contributed by atoms with Gasteiger partial charge in [-0.05, 0) is 17.7 Å². The molecule has 0 fully saturated rings. The molecule has 9 heteroatoms. The summed E-state index contributed by atoms with van der Waals surface area (Å²) in [4.78, 5) is 10.3. The lowest BCUT2D eigenvalue weighted by Gasteiger charge is -2.07. The molecule has 0 aliphatic carbocycles. The SMILES string of the molecule is CC(C)Sc1ccc(-c2cnc(N)c(-c3cc(-c4ccc(CNSN)cc4)no3)n2)cc1. The summed E-state index contributed by atoms with van der Waals surface area (Å²) < 4.78 is 8.58. The maximum absolute atomic E-state index is 6.11. The molecule has 0 aliphatic heterocycles. The van der Waals surface area contributed by atoms with Gasteiger partial charge in [0, 0.05) is 46.0 Å². The summed E-state index contributed by atoms with van der Waals surface area (Å²) in [6.45, 7) is 5.03. The van der Waals surface area contributed by atoms with Crippen molar-refractivity contribution >= 4 is 29.7 Å². The van der Waals surface area contributed by atoms with E-state index in [-0.39, 0.29) is 0 Å². The Bertz CT molecular complexity index is 1180. The van der Waals surface area contributed by atoms with Crippen LogP contribution in [0.3, 0.4) is 0 Å². The van der Waals surface area contributed by atoms with Gasteiger partial charge in [-0.2, -0.15) is 0 Å². The number of hydrogen-bond donors (Lipinski definition) is 3. The van der Waals surface area contributed by atoms with Crippen molar-refractivity contribution in [1.82, 2.24) is 19.8 Å². The highest BCUT2D eigenvalue weighted by Crippen LogP contribution is 2.31. The molecule has 32 heavy (non-hydrogen) atoms. The molecule has 2 aromatic heterocycles. The van der Waals surface area contributed by atoms with E-state index >= 15 is 0 Å². The van der Waals surface area contributed by atoms with Crippen molar-refractivity contribution in [3.05, 3.63) is 66.4 Å². The monoisotopic (exact) mass is 464 g/mol. The Labute approximate surface area is 195 Å². The number of nitrogens with one attached hydrogen (secondary N) is 1. The Morgan fingerprint density at radius 2 is 1.69 bits per heavy atom. The molecule has 7 nitrogen and oxygen atoms in total. The average molecular weight is 465 g/mol. The molecule has 4 rings (SSSR count). The van der Waals surface area contributed by atoms with E-state index in [4.69, 9.17) is 20.4 Å². The highest BCUT2D eigenvalue weighted by molar-refractivity contribution is 7.99. The molecular formula is C23H24N6OS2. The fraction of sp³-hybridized carbons (Fsp3) is 0.174. The van der Waals surface area contributed by atoms with E-state index < -0.39 is 0 Å². The molecule has 164 valence electrons. The summed E-state index contributed by atoms with van der Waals surface area (Å²) in [7, 11) is 0. The Balaban J connectivity index is 1.57. The number of thioether (sulfide) groups is 1. The van der Waals surface area contributed by atoms with Gasteiger partial charge in [-0.25, -0.2) is 14.7 Å². The number of anilines is 1. The number of benzene rings is 2. The molecule has 0 unspecified atom stereocenters. The first-order chi connectivity index (χ1) is 15.5. The minimum Gasteiger partial charge on any atom is -0.382 e. The molecule has 4 aromatic rings. The van der Waals surface area contributed by atoms with Crippen LogP contribution in [0, 0.1) is 0 Å². The van der Waals surface area contributed by atoms with E-state index in [2.05, 4.69) is 40.8 Å². The predicted molar refractivity (Wildman–Crippen MR) is 132 cm³/mol. The first-order valence-electron chi connectivity index (χ1n) is 10.1. The van der Waals surface area contributed by atoms with Gasteiger partial charge in [0.1, 0.15) is 5.69 Å². The van der Waals surface area contributed by atoms with Crippen LogP contribution in [0.25, 0.3) is 34.0 Å². The smallest absolute Gasteiger partial charge is 0.189 e. The van der Waals surface area contributed by atoms with E-state index in [1.807, 2.05) is 54.2 Å². The van der Waals surface area contributed by atoms with Crippen molar-refractivity contribution in [3.63, 3.8) is 0 Å². The van der Waals surface area contributed by atoms with Crippen molar-refractivity contribution < 1.29 is 4.52 Å². The van der Waals surface area contributed by atoms with Crippen LogP contribution in [-0.4, -0.2) is 20.4 Å². The van der Waals surface area contributed by atoms with E-state index in [9.17, 15) is 0 Å². The molecule has 0 atom stereocenters. The standard InChI is InChI=1S/C23H24N6OS2/c1-14(2)31-18-9-7-17(8-10-18)20-13-26-23(24)22(28-20)21-11-19(29-30-21)16-5-3-15(4-6-16)12-27-32-25/h3-11,13-14,27H,12,25H2,1-2H3,(H2,24,26). The molecule has 0 radical (unpaired) electrons. The summed E-state index contributed by atoms with van der Waals surface area (Å²) in [6.07, 6.45) is 1.67. The second-order valence-corrected chi connectivity index (χ2v) is 9.57. The van der Waals surface area contributed by atoms with Gasteiger partial charge in [-0.15, -0.1) is 11.8 Å². The van der Waals surface area contributed by atoms with Crippen molar-refractivity contribution in [2.45, 2.75) is 30.5 Å². The quantitative estimate of drug-likeness (QED) is 0.240. The summed E-state index contributed by atoms with van der Waals surface area (Å²) in [5.41, 5.74) is 11.0. The predicted octanol–water partition coefficient (Wildman–Crippen LogP) is 5.16. The Kier molecular flexibility index (Phi) is 7.11. The average Bonchev–Trinajstić information content (AvgIpc) is 3.29. The van der Waals surface area contributed by atoms with Crippen molar-refractivity contribution in [1.29, 1.82) is 0 Å². The molecule has 0 spiro atoms. The molecule has 0 saturated heterocycles. The molecule has 0 saturated carbocycles. The summed E-state index contributed by atoms with van der Waals surface area (Å²) in [5.74, 6) is 0.772. The van der Waals surface area contributed by atoms with Gasteiger partial charge >= 0.3 is 0 Å². The van der Waals surface area contributed by atoms with Gasteiger partial charge in [-0.1, -0.05) is 55.4 Å². The maximum Gasteiger partial charge on any atom is 0.189 e. The molecule has 5 N–H and O–H groups in total. The van der Waals surface area contributed by atoms with Crippen molar-refractivity contribution in [2.75, 3.05) is 5.73 Å². The lowest BCUT2D eigenvalue weighted by molar-refractivity contribution is 0.434. The summed E-state index contributed by atoms with van der Waals surface area (Å²) >= 11 is 2.92. The van der Waals surface area contributed by atoms with Gasteiger partial charge in [0.15, 0.2) is 17.3 Å². The molecule has 0 bridgehead atoms. The zero-order valence-electron chi connectivity index (χ0n) is 17.8. The third-order valence-electron chi connectivity index (χ3n) is 4.68. The van der Waals surface area contributed by atoms with Crippen LogP contribution >= 0.6 is 23.9 Å². The van der Waals surface area contributed by atoms with Gasteiger partial charge in [0.05, 0.1) is 11.9 Å². The number of nitrogens with two attached hydrogens (primary N) is 2. The number of aromatic nitrogens is 3. The highest BCUT2D eigenvalue weighted by Gasteiger charge is 2.15. The van der Waals surface area contributed by atoms with Crippen LogP contribution in [0.1, 0.15) is 19.4 Å². The number of hydrogen-bond acceptors (Lipinski definition) is 9. The molecule has 2 heterocycles. The van der Waals surface area contributed by atoms with Crippen LogP contribution in [0.2, 0.25) is 0 Å². The zero-order chi connectivity index (χ0) is 22.5. The second-order valence-electron chi connectivity index (χ2n) is 7.39. The number of nitrogens with zero attached hydrogens (tertiary/aromatic N) is 3. The molecule has 2 aromatic carbocycles. The van der Waals surface area contributed by atoms with Crippen LogP contribution in [0.5, 0.6) is 0 Å². The largest absolute Gasteiger partial charge is 0.382 e. The van der Waals surface area contributed by atoms with Gasteiger partial charge in [0.25, 0.3) is 0 Å². The molecule has 0 amide bonds. The van der Waals surface area contributed by atoms with Crippen LogP contribution in [-0.2, 0) is 6.54 Å². The zero-order valence-corrected chi connectivity index (χ0v) is 19.4. The van der Waals surface area contributed by atoms with Gasteiger partial charge in [-0.3, -0.25) is 5.14 Å². The third-order valence-corrected chi connectivity index (χ3v) is 6.00. The highest BCUT2D eigenvalue weighted by atomic mass is 32.2. The van der Waals surface area contributed by atoms with Crippen LogP contribution < -0.4 is 15.6 Å². The maximum atomic E-state index is 6.11. The van der Waals surface area contributed by atoms with E-state index in [0.717, 1.165) is 34.5 Å². The van der Waals surface area contributed by atoms with Gasteiger partial charge < -0.3 is 10.3 Å².